The summed E-state index contributed by atoms with van der Waals surface area (Å²) in [5.74, 6) is -2.78. The molecule has 0 spiro atoms. The van der Waals surface area contributed by atoms with Crippen molar-refractivity contribution in [3.8, 4) is 0 Å². The highest BCUT2D eigenvalue weighted by Crippen LogP contribution is 2.40. The van der Waals surface area contributed by atoms with Crippen LogP contribution in [0.4, 0.5) is 0 Å². The summed E-state index contributed by atoms with van der Waals surface area (Å²) < 4.78 is 16.9. The quantitative estimate of drug-likeness (QED) is 0.351. The number of ether oxygens (including phenoxy) is 3. The van der Waals surface area contributed by atoms with Gasteiger partial charge in [-0.25, -0.2) is 0 Å². The number of amides is 2. The molecule has 4 atom stereocenters. The number of hydrogen-bond acceptors (Lipinski definition) is 8. The van der Waals surface area contributed by atoms with Gasteiger partial charge in [0.1, 0.15) is 11.7 Å². The normalized spacial score (nSPS) is 42.2. The summed E-state index contributed by atoms with van der Waals surface area (Å²) in [5, 5.41) is 26.3. The molecule has 0 unspecified atom stereocenters. The Hall–Kier alpha value is -1.56. The van der Waals surface area contributed by atoms with Crippen LogP contribution in [0.1, 0.15) is 27.2 Å². The molecule has 4 aliphatic rings. The second-order valence-electron chi connectivity index (χ2n) is 7.42. The van der Waals surface area contributed by atoms with Crippen LogP contribution in [0.25, 0.3) is 0 Å². The Bertz CT molecular complexity index is 666. The minimum atomic E-state index is -2.24. The lowest BCUT2D eigenvalue weighted by Crippen LogP contribution is -2.82. The number of nitrogens with one attached hydrogen (secondary N) is 2. The van der Waals surface area contributed by atoms with E-state index in [4.69, 9.17) is 19.9 Å². The molecular formula is C16H25N3O7. The number of nitrogens with two attached hydrogens (primary N) is 1. The van der Waals surface area contributed by atoms with E-state index in [1.165, 1.54) is 6.08 Å². The molecule has 0 radical (unpaired) electrons. The number of piperazine rings is 1. The van der Waals surface area contributed by atoms with Gasteiger partial charge in [0, 0.05) is 6.54 Å². The van der Waals surface area contributed by atoms with Gasteiger partial charge in [-0.3, -0.25) is 9.59 Å². The topological polar surface area (TPSA) is 152 Å². The number of fused-ring (bicyclic) bond motifs is 5. The predicted octanol–water partition coefficient (Wildman–Crippen LogP) is -2.17. The average Bonchev–Trinajstić information content (AvgIpc) is 2.84. The molecule has 146 valence electrons. The zero-order valence-corrected chi connectivity index (χ0v) is 15.0. The molecule has 0 aromatic heterocycles. The highest BCUT2D eigenvalue weighted by Gasteiger charge is 2.65. The third kappa shape index (κ3) is 2.73. The maximum absolute atomic E-state index is 12.8. The van der Waals surface area contributed by atoms with E-state index in [1.807, 2.05) is 0 Å². The van der Waals surface area contributed by atoms with Crippen LogP contribution in [0.2, 0.25) is 0 Å². The van der Waals surface area contributed by atoms with Crippen molar-refractivity contribution in [3.63, 3.8) is 0 Å². The van der Waals surface area contributed by atoms with E-state index < -0.39 is 40.8 Å². The standard InChI is InChI=1S/C16H25N3O7/c1-13(2)25-8-14(3,26-13)10(20)16-12(22)18-15(23,11(21)19-16)9(4-6-17)5-7-24-16/h4,10,20,23H,5-8,17H2,1-3H3,(H,18,22)(H,19,21)/b9-4+/t10-,14+,15-,16+/m1/s1. The van der Waals surface area contributed by atoms with Gasteiger partial charge in [0.25, 0.3) is 17.5 Å². The monoisotopic (exact) mass is 371 g/mol. The van der Waals surface area contributed by atoms with Gasteiger partial charge in [0.15, 0.2) is 5.79 Å². The second kappa shape index (κ2) is 5.98. The van der Waals surface area contributed by atoms with Gasteiger partial charge in [0.2, 0.25) is 5.72 Å². The molecule has 0 aliphatic carbocycles. The van der Waals surface area contributed by atoms with Crippen molar-refractivity contribution < 1.29 is 34.0 Å². The molecule has 0 aromatic rings. The zero-order chi connectivity index (χ0) is 19.4. The van der Waals surface area contributed by atoms with Gasteiger partial charge in [-0.2, -0.15) is 0 Å². The molecule has 4 heterocycles. The van der Waals surface area contributed by atoms with Gasteiger partial charge >= 0.3 is 0 Å². The number of aliphatic hydroxyl groups excluding tert-OH is 1. The molecule has 10 heteroatoms. The van der Waals surface area contributed by atoms with Crippen LogP contribution in [-0.2, 0) is 23.8 Å². The van der Waals surface area contributed by atoms with E-state index in [2.05, 4.69) is 10.6 Å². The largest absolute Gasteiger partial charge is 0.384 e. The third-order valence-electron chi connectivity index (χ3n) is 4.94. The summed E-state index contributed by atoms with van der Waals surface area (Å²) in [4.78, 5) is 25.4. The molecule has 4 saturated heterocycles. The zero-order valence-electron chi connectivity index (χ0n) is 15.0. The SMILES string of the molecule is CC1(C)OC[C@@](C)([C@@H](O)[C@@]23NC(=O)[C@@](O)(NC2=O)/C(=C/CN)CCO3)O1. The molecule has 2 bridgehead atoms. The summed E-state index contributed by atoms with van der Waals surface area (Å²) >= 11 is 0. The number of aliphatic hydroxyl groups is 2. The van der Waals surface area contributed by atoms with E-state index in [1.54, 1.807) is 20.8 Å². The van der Waals surface area contributed by atoms with Crippen LogP contribution in [0, 0.1) is 0 Å². The Kier molecular flexibility index (Phi) is 4.42. The minimum absolute atomic E-state index is 0.0159. The van der Waals surface area contributed by atoms with E-state index in [0.29, 0.717) is 0 Å². The lowest BCUT2D eigenvalue weighted by molar-refractivity contribution is -0.240. The molecule has 2 amide bonds. The Morgan fingerprint density at radius 1 is 1.23 bits per heavy atom. The van der Waals surface area contributed by atoms with Gasteiger partial charge < -0.3 is 40.8 Å². The summed E-state index contributed by atoms with van der Waals surface area (Å²) in [5.41, 5.74) is 0.0231. The van der Waals surface area contributed by atoms with Gasteiger partial charge in [0.05, 0.1) is 13.2 Å². The van der Waals surface area contributed by atoms with E-state index >= 15 is 0 Å². The summed E-state index contributed by atoms with van der Waals surface area (Å²) in [6.45, 7) is 4.93. The molecule has 0 aromatic carbocycles. The van der Waals surface area contributed by atoms with Crippen molar-refractivity contribution in [2.75, 3.05) is 19.8 Å². The first kappa shape index (κ1) is 19.2. The fourth-order valence-corrected chi connectivity index (χ4v) is 3.63. The van der Waals surface area contributed by atoms with Crippen molar-refractivity contribution in [2.24, 2.45) is 5.73 Å². The fourth-order valence-electron chi connectivity index (χ4n) is 3.63. The number of rotatable bonds is 3. The second-order valence-corrected chi connectivity index (χ2v) is 7.42. The van der Waals surface area contributed by atoms with Crippen LogP contribution in [0.3, 0.4) is 0 Å². The fraction of sp³-hybridized carbons (Fsp3) is 0.750. The molecule has 26 heavy (non-hydrogen) atoms. The molecule has 4 aliphatic heterocycles. The Labute approximate surface area is 150 Å². The molecular weight excluding hydrogens is 346 g/mol. The minimum Gasteiger partial charge on any atom is -0.384 e. The predicted molar refractivity (Wildman–Crippen MR) is 87.2 cm³/mol. The number of carbonyl (C=O) groups excluding carboxylic acids is 2. The number of carbonyl (C=O) groups is 2. The van der Waals surface area contributed by atoms with Crippen LogP contribution >= 0.6 is 0 Å². The van der Waals surface area contributed by atoms with E-state index in [9.17, 15) is 19.8 Å². The molecule has 4 rings (SSSR count). The maximum Gasteiger partial charge on any atom is 0.280 e. The molecule has 10 nitrogen and oxygen atoms in total. The van der Waals surface area contributed by atoms with Crippen LogP contribution in [0.15, 0.2) is 11.6 Å². The Balaban J connectivity index is 1.98. The number of hydrogen-bond donors (Lipinski definition) is 5. The van der Waals surface area contributed by atoms with Crippen LogP contribution < -0.4 is 16.4 Å². The van der Waals surface area contributed by atoms with Crippen molar-refractivity contribution in [1.82, 2.24) is 10.6 Å². The van der Waals surface area contributed by atoms with Crippen molar-refractivity contribution in [3.05, 3.63) is 11.6 Å². The Morgan fingerprint density at radius 3 is 2.50 bits per heavy atom. The maximum atomic E-state index is 12.8. The first-order valence-electron chi connectivity index (χ1n) is 8.42. The highest BCUT2D eigenvalue weighted by molar-refractivity contribution is 6.03. The van der Waals surface area contributed by atoms with Crippen molar-refractivity contribution >= 4 is 11.8 Å². The molecule has 0 saturated carbocycles. The molecule has 4 fully saturated rings. The van der Waals surface area contributed by atoms with Gasteiger partial charge in [-0.1, -0.05) is 6.08 Å². The summed E-state index contributed by atoms with van der Waals surface area (Å²) in [7, 11) is 0. The third-order valence-corrected chi connectivity index (χ3v) is 4.94. The van der Waals surface area contributed by atoms with Gasteiger partial charge in [-0.05, 0) is 32.8 Å². The van der Waals surface area contributed by atoms with Gasteiger partial charge in [-0.15, -0.1) is 0 Å². The smallest absolute Gasteiger partial charge is 0.280 e. The lowest BCUT2D eigenvalue weighted by atomic mass is 9.84. The first-order chi connectivity index (χ1) is 12.0. The van der Waals surface area contributed by atoms with Crippen LogP contribution in [0.5, 0.6) is 0 Å². The molecule has 6 N–H and O–H groups in total. The van der Waals surface area contributed by atoms with Crippen molar-refractivity contribution in [2.45, 2.75) is 56.1 Å². The highest BCUT2D eigenvalue weighted by atomic mass is 16.8. The van der Waals surface area contributed by atoms with Crippen LogP contribution in [-0.4, -0.2) is 70.7 Å². The first-order valence-corrected chi connectivity index (χ1v) is 8.42. The summed E-state index contributed by atoms with van der Waals surface area (Å²) in [6, 6.07) is 0. The van der Waals surface area contributed by atoms with Crippen molar-refractivity contribution in [1.29, 1.82) is 0 Å². The lowest BCUT2D eigenvalue weighted by Gasteiger charge is -2.50. The van der Waals surface area contributed by atoms with E-state index in [0.717, 1.165) is 0 Å². The average molecular weight is 371 g/mol. The Morgan fingerprint density at radius 2 is 1.92 bits per heavy atom. The van der Waals surface area contributed by atoms with E-state index in [-0.39, 0.29) is 31.8 Å². The summed E-state index contributed by atoms with van der Waals surface area (Å²) in [6.07, 6.45) is 0.0100.